The van der Waals surface area contributed by atoms with Crippen molar-refractivity contribution in [2.24, 2.45) is 5.73 Å². The zero-order valence-electron chi connectivity index (χ0n) is 16.8. The Morgan fingerprint density at radius 3 is 2.15 bits per heavy atom. The average molecular weight is 432 g/mol. The van der Waals surface area contributed by atoms with E-state index in [-0.39, 0.29) is 0 Å². The van der Waals surface area contributed by atoms with Crippen molar-refractivity contribution in [3.05, 3.63) is 29.6 Å². The summed E-state index contributed by atoms with van der Waals surface area (Å²) in [6, 6.07) is 5.68. The molecular weight excluding hydrogens is 398 g/mol. The molecule has 0 aliphatic heterocycles. The van der Waals surface area contributed by atoms with Gasteiger partial charge in [-0.25, -0.2) is 4.98 Å². The van der Waals surface area contributed by atoms with E-state index in [2.05, 4.69) is 51.8 Å². The normalized spacial score (nSPS) is 11.3. The maximum atomic E-state index is 5.31. The number of nitrogens with zero attached hydrogens (tertiary/aromatic N) is 1. The maximum absolute atomic E-state index is 5.31. The lowest BCUT2D eigenvalue weighted by Crippen LogP contribution is -2.27. The molecular formula is C19H33N3S4. The van der Waals surface area contributed by atoms with Gasteiger partial charge in [0, 0.05) is 39.5 Å². The highest BCUT2D eigenvalue weighted by Crippen LogP contribution is 2.22. The molecule has 1 heterocycles. The smallest absolute Gasteiger partial charge is 0.125 e. The third kappa shape index (κ3) is 14.9. The molecule has 0 bridgehead atoms. The zero-order valence-corrected chi connectivity index (χ0v) is 20.1. The first-order valence-electron chi connectivity index (χ1n) is 8.67. The maximum Gasteiger partial charge on any atom is 0.125 e. The van der Waals surface area contributed by atoms with Gasteiger partial charge in [0.15, 0.2) is 0 Å². The van der Waals surface area contributed by atoms with Crippen molar-refractivity contribution in [2.45, 2.75) is 51.0 Å². The van der Waals surface area contributed by atoms with Crippen LogP contribution in [-0.2, 0) is 0 Å². The zero-order chi connectivity index (χ0) is 20.2. The summed E-state index contributed by atoms with van der Waals surface area (Å²) in [4.78, 5) is 5.03. The molecule has 0 unspecified atom stereocenters. The molecule has 7 heteroatoms. The number of thioether (sulfide) groups is 2. The Balaban J connectivity index is 0.000000660. The van der Waals surface area contributed by atoms with E-state index in [9.17, 15) is 0 Å². The van der Waals surface area contributed by atoms with Gasteiger partial charge in [-0.3, -0.25) is 0 Å². The molecule has 26 heavy (non-hydrogen) atoms. The van der Waals surface area contributed by atoms with Crippen molar-refractivity contribution in [3.63, 3.8) is 0 Å². The minimum atomic E-state index is 0.290. The van der Waals surface area contributed by atoms with Gasteiger partial charge in [0.2, 0.25) is 0 Å². The fourth-order valence-corrected chi connectivity index (χ4v) is 3.51. The number of hydrogen-bond donors (Lipinski definition) is 2. The van der Waals surface area contributed by atoms with E-state index in [1.807, 2.05) is 41.7 Å². The van der Waals surface area contributed by atoms with Crippen LogP contribution in [0.1, 0.15) is 52.9 Å². The molecule has 3 nitrogen and oxygen atoms in total. The summed E-state index contributed by atoms with van der Waals surface area (Å²) in [5.41, 5.74) is 6.87. The van der Waals surface area contributed by atoms with Crippen LogP contribution in [0.25, 0.3) is 0 Å². The van der Waals surface area contributed by atoms with E-state index in [0.29, 0.717) is 14.5 Å². The fraction of sp³-hybridized carbons (Fsp3) is 0.632. The summed E-state index contributed by atoms with van der Waals surface area (Å²) >= 11 is 14.0. The number of rotatable bonds is 7. The van der Waals surface area contributed by atoms with Crippen LogP contribution in [0.4, 0.5) is 0 Å². The Morgan fingerprint density at radius 1 is 1.12 bits per heavy atom. The molecule has 0 radical (unpaired) electrons. The molecule has 0 atom stereocenters. The number of nitrogens with two attached hydrogens (primary N) is 1. The highest BCUT2D eigenvalue weighted by molar-refractivity contribution is 8.00. The van der Waals surface area contributed by atoms with Crippen molar-refractivity contribution in [2.75, 3.05) is 24.6 Å². The van der Waals surface area contributed by atoms with Gasteiger partial charge in [-0.2, -0.15) is 23.5 Å². The summed E-state index contributed by atoms with van der Waals surface area (Å²) in [6.45, 7) is 14.9. The van der Waals surface area contributed by atoms with Crippen molar-refractivity contribution in [1.29, 1.82) is 0 Å². The summed E-state index contributed by atoms with van der Waals surface area (Å²) in [5.74, 6) is 2.10. The standard InChI is InChI=1S/C13H18N2S3.C6H15NS/c1-13(2,3)18-8-7-14-12(17)11-6-4-5-10(9-16)15-11;1-6(2,3)8-5-4-7/h4-6,9H,7-8H2,1-3H3,(H,14,17);4-5,7H2,1-3H3. The molecule has 3 N–H and O–H groups in total. The van der Waals surface area contributed by atoms with Gasteiger partial charge in [0.25, 0.3) is 0 Å². The summed E-state index contributed by atoms with van der Waals surface area (Å²) in [6.07, 6.45) is 0. The topological polar surface area (TPSA) is 50.9 Å². The van der Waals surface area contributed by atoms with E-state index in [0.717, 1.165) is 36.0 Å². The number of thiocarbonyl (C=S) groups is 2. The van der Waals surface area contributed by atoms with Gasteiger partial charge in [-0.1, -0.05) is 72.0 Å². The van der Waals surface area contributed by atoms with Crippen LogP contribution < -0.4 is 11.1 Å². The molecule has 0 fully saturated rings. The Kier molecular flexibility index (Phi) is 12.9. The van der Waals surface area contributed by atoms with Gasteiger partial charge in [-0.15, -0.1) is 0 Å². The predicted molar refractivity (Wildman–Crippen MR) is 130 cm³/mol. The molecule has 0 aliphatic carbocycles. The highest BCUT2D eigenvalue weighted by atomic mass is 32.2. The molecule has 0 amide bonds. The first-order chi connectivity index (χ1) is 12.0. The minimum absolute atomic E-state index is 0.290. The summed E-state index contributed by atoms with van der Waals surface area (Å²) in [7, 11) is 0. The molecule has 0 aromatic carbocycles. The van der Waals surface area contributed by atoms with Crippen molar-refractivity contribution in [1.82, 2.24) is 10.3 Å². The van der Waals surface area contributed by atoms with Gasteiger partial charge in [0.05, 0.1) is 11.4 Å². The van der Waals surface area contributed by atoms with E-state index < -0.39 is 0 Å². The second kappa shape index (κ2) is 13.0. The van der Waals surface area contributed by atoms with Crippen LogP contribution in [-0.4, -0.2) is 49.4 Å². The van der Waals surface area contributed by atoms with Crippen LogP contribution >= 0.6 is 48.0 Å². The van der Waals surface area contributed by atoms with Crippen molar-refractivity contribution in [3.8, 4) is 0 Å². The highest BCUT2D eigenvalue weighted by Gasteiger charge is 2.10. The van der Waals surface area contributed by atoms with Crippen molar-refractivity contribution < 1.29 is 0 Å². The quantitative estimate of drug-likeness (QED) is 0.479. The molecule has 1 rings (SSSR count). The monoisotopic (exact) mass is 431 g/mol. The second-order valence-corrected chi connectivity index (χ2v) is 12.0. The summed E-state index contributed by atoms with van der Waals surface area (Å²) in [5, 5.41) is 4.78. The Hall–Kier alpha value is -0.210. The van der Waals surface area contributed by atoms with Gasteiger partial charge < -0.3 is 11.1 Å². The van der Waals surface area contributed by atoms with Crippen LogP contribution in [0.3, 0.4) is 0 Å². The first kappa shape index (κ1) is 25.8. The van der Waals surface area contributed by atoms with Gasteiger partial charge in [0.1, 0.15) is 4.99 Å². The van der Waals surface area contributed by atoms with E-state index in [4.69, 9.17) is 30.2 Å². The van der Waals surface area contributed by atoms with Crippen LogP contribution in [0, 0.1) is 0 Å². The lowest BCUT2D eigenvalue weighted by Gasteiger charge is -2.17. The van der Waals surface area contributed by atoms with Crippen LogP contribution in [0.5, 0.6) is 0 Å². The van der Waals surface area contributed by atoms with Gasteiger partial charge >= 0.3 is 0 Å². The molecule has 1 aromatic rings. The van der Waals surface area contributed by atoms with E-state index >= 15 is 0 Å². The van der Waals surface area contributed by atoms with Crippen molar-refractivity contribution >= 4 is 58.3 Å². The Bertz CT molecular complexity index is 548. The first-order valence-corrected chi connectivity index (χ1v) is 11.5. The average Bonchev–Trinajstić information content (AvgIpc) is 2.56. The molecule has 0 saturated carbocycles. The van der Waals surface area contributed by atoms with Gasteiger partial charge in [-0.05, 0) is 12.1 Å². The third-order valence-corrected chi connectivity index (χ3v) is 5.87. The van der Waals surface area contributed by atoms with E-state index in [1.165, 1.54) is 0 Å². The lowest BCUT2D eigenvalue weighted by atomic mass is 10.3. The largest absolute Gasteiger partial charge is 0.374 e. The fourth-order valence-electron chi connectivity index (χ4n) is 1.62. The molecule has 1 aromatic heterocycles. The predicted octanol–water partition coefficient (Wildman–Crippen LogP) is 4.70. The van der Waals surface area contributed by atoms with Crippen LogP contribution in [0.15, 0.2) is 18.2 Å². The SMILES string of the molecule is CC(C)(C)SCCN.CC(C)(C)SCCNC(=S)c1cccc(C=S)n1. The lowest BCUT2D eigenvalue weighted by molar-refractivity contribution is 0.799. The Labute approximate surface area is 179 Å². The number of aromatic nitrogens is 1. The number of pyridine rings is 1. The number of nitrogens with one attached hydrogen (secondary N) is 1. The third-order valence-electron chi connectivity index (χ3n) is 2.70. The molecule has 148 valence electrons. The number of hydrogen-bond acceptors (Lipinski definition) is 6. The Morgan fingerprint density at radius 2 is 1.69 bits per heavy atom. The second-order valence-electron chi connectivity index (χ2n) is 7.53. The van der Waals surface area contributed by atoms with E-state index in [1.54, 1.807) is 5.37 Å². The van der Waals surface area contributed by atoms with Crippen LogP contribution in [0.2, 0.25) is 0 Å². The minimum Gasteiger partial charge on any atom is -0.374 e. The molecule has 0 aliphatic rings. The molecule has 0 saturated heterocycles. The summed E-state index contributed by atoms with van der Waals surface area (Å²) < 4.78 is 0.679. The molecule has 0 spiro atoms.